The largest absolute Gasteiger partial charge is 0.394 e. The molecule has 15 heavy (non-hydrogen) atoms. The summed E-state index contributed by atoms with van der Waals surface area (Å²) in [6.45, 7) is 2.97. The third-order valence-corrected chi connectivity index (χ3v) is 2.62. The second-order valence-corrected chi connectivity index (χ2v) is 4.31. The van der Waals surface area contributed by atoms with Gasteiger partial charge in [-0.2, -0.15) is 0 Å². The van der Waals surface area contributed by atoms with Crippen molar-refractivity contribution in [1.82, 2.24) is 0 Å². The Bertz CT molecular complexity index is 243. The molecule has 3 N–H and O–H groups in total. The molecule has 0 aliphatic carbocycles. The number of hydrogen-bond donors (Lipinski definition) is 3. The van der Waals surface area contributed by atoms with Gasteiger partial charge in [0.05, 0.1) is 6.61 Å². The maximum Gasteiger partial charge on any atom is 0.190 e. The Morgan fingerprint density at radius 1 is 1.33 bits per heavy atom. The summed E-state index contributed by atoms with van der Waals surface area (Å²) in [5, 5.41) is 27.9. The highest BCUT2D eigenvalue weighted by atomic mass is 16.8. The first-order valence-corrected chi connectivity index (χ1v) is 4.93. The second kappa shape index (κ2) is 3.65. The van der Waals surface area contributed by atoms with E-state index >= 15 is 0 Å². The van der Waals surface area contributed by atoms with Gasteiger partial charge in [-0.1, -0.05) is 0 Å². The van der Waals surface area contributed by atoms with Crippen molar-refractivity contribution in [3.8, 4) is 0 Å². The molecule has 2 saturated heterocycles. The Morgan fingerprint density at radius 3 is 2.53 bits per heavy atom. The van der Waals surface area contributed by atoms with Crippen LogP contribution in [0.5, 0.6) is 0 Å². The highest BCUT2D eigenvalue weighted by molar-refractivity contribution is 4.95. The van der Waals surface area contributed by atoms with Crippen molar-refractivity contribution in [1.29, 1.82) is 0 Å². The topological polar surface area (TPSA) is 88.4 Å². The van der Waals surface area contributed by atoms with Crippen molar-refractivity contribution >= 4 is 0 Å². The Morgan fingerprint density at radius 2 is 2.00 bits per heavy atom. The molecular weight excluding hydrogens is 204 g/mol. The summed E-state index contributed by atoms with van der Waals surface area (Å²) in [6.07, 6.45) is -4.26. The fourth-order valence-corrected chi connectivity index (χ4v) is 1.94. The Balaban J connectivity index is 2.05. The molecule has 0 spiro atoms. The second-order valence-electron chi connectivity index (χ2n) is 4.31. The van der Waals surface area contributed by atoms with Crippen LogP contribution in [-0.4, -0.2) is 58.4 Å². The summed E-state index contributed by atoms with van der Waals surface area (Å²) in [5.74, 6) is -0.786. The molecule has 0 amide bonds. The van der Waals surface area contributed by atoms with E-state index in [2.05, 4.69) is 0 Å². The van der Waals surface area contributed by atoms with E-state index in [0.29, 0.717) is 0 Å². The highest BCUT2D eigenvalue weighted by Crippen LogP contribution is 2.38. The van der Waals surface area contributed by atoms with E-state index in [4.69, 9.17) is 19.3 Å². The van der Waals surface area contributed by atoms with Crippen molar-refractivity contribution in [2.75, 3.05) is 6.61 Å². The average Bonchev–Trinajstić information content (AvgIpc) is 2.60. The predicted molar refractivity (Wildman–Crippen MR) is 47.8 cm³/mol. The van der Waals surface area contributed by atoms with E-state index in [1.54, 1.807) is 13.8 Å². The molecule has 88 valence electrons. The van der Waals surface area contributed by atoms with Gasteiger partial charge in [-0.25, -0.2) is 0 Å². The molecule has 2 heterocycles. The normalized spacial score (nSPS) is 45.4. The minimum absolute atomic E-state index is 0.468. The van der Waals surface area contributed by atoms with Gasteiger partial charge in [0.2, 0.25) is 0 Å². The average molecular weight is 220 g/mol. The molecule has 6 heteroatoms. The van der Waals surface area contributed by atoms with Gasteiger partial charge in [-0.15, -0.1) is 0 Å². The van der Waals surface area contributed by atoms with Crippen molar-refractivity contribution < 1.29 is 29.5 Å². The number of hydrogen-bond acceptors (Lipinski definition) is 6. The van der Waals surface area contributed by atoms with Gasteiger partial charge in [0.15, 0.2) is 12.1 Å². The van der Waals surface area contributed by atoms with E-state index in [1.807, 2.05) is 0 Å². The zero-order chi connectivity index (χ0) is 11.2. The van der Waals surface area contributed by atoms with Crippen LogP contribution in [0, 0.1) is 0 Å². The lowest BCUT2D eigenvalue weighted by atomic mass is 10.1. The first kappa shape index (κ1) is 11.3. The quantitative estimate of drug-likeness (QED) is 0.529. The molecule has 2 aliphatic rings. The number of fused-ring (bicyclic) bond motifs is 1. The van der Waals surface area contributed by atoms with Crippen LogP contribution in [0.15, 0.2) is 0 Å². The van der Waals surface area contributed by atoms with E-state index < -0.39 is 43.1 Å². The summed E-state index contributed by atoms with van der Waals surface area (Å²) in [5.41, 5.74) is 0. The minimum atomic E-state index is -1.12. The Hall–Kier alpha value is -0.240. The first-order valence-electron chi connectivity index (χ1n) is 4.93. The van der Waals surface area contributed by atoms with E-state index in [-0.39, 0.29) is 0 Å². The van der Waals surface area contributed by atoms with Crippen molar-refractivity contribution in [3.63, 3.8) is 0 Å². The van der Waals surface area contributed by atoms with Crippen molar-refractivity contribution in [2.45, 2.75) is 50.3 Å². The first-order chi connectivity index (χ1) is 6.94. The zero-order valence-corrected chi connectivity index (χ0v) is 8.66. The molecule has 0 radical (unpaired) electrons. The molecule has 0 aromatic heterocycles. The predicted octanol–water partition coefficient (Wildman–Crippen LogP) is -1.42. The van der Waals surface area contributed by atoms with Crippen molar-refractivity contribution in [2.24, 2.45) is 0 Å². The smallest absolute Gasteiger partial charge is 0.190 e. The molecule has 0 aromatic carbocycles. The van der Waals surface area contributed by atoms with E-state index in [9.17, 15) is 10.2 Å². The van der Waals surface area contributed by atoms with Gasteiger partial charge in [0, 0.05) is 0 Å². The molecule has 2 rings (SSSR count). The standard InChI is InChI=1S/C9H16O6/c1-9(2)14-7-5(12)6(4(11)3-10)13-8(7)15-9/h4-8,10-12H,3H2,1-2H3/t4-,5-,6-,7+,8+/m0/s1. The molecular formula is C9H16O6. The summed E-state index contributed by atoms with van der Waals surface area (Å²) in [6, 6.07) is 0. The van der Waals surface area contributed by atoms with Gasteiger partial charge in [-0.3, -0.25) is 0 Å². The Labute approximate surface area is 87.4 Å². The lowest BCUT2D eigenvalue weighted by molar-refractivity contribution is -0.227. The highest BCUT2D eigenvalue weighted by Gasteiger charge is 2.55. The van der Waals surface area contributed by atoms with Crippen LogP contribution < -0.4 is 0 Å². The lowest BCUT2D eigenvalue weighted by Gasteiger charge is -2.24. The summed E-state index contributed by atoms with van der Waals surface area (Å²) in [7, 11) is 0. The molecule has 0 saturated carbocycles. The monoisotopic (exact) mass is 220 g/mol. The van der Waals surface area contributed by atoms with Crippen LogP contribution >= 0.6 is 0 Å². The van der Waals surface area contributed by atoms with Gasteiger partial charge >= 0.3 is 0 Å². The summed E-state index contributed by atoms with van der Waals surface area (Å²) >= 11 is 0. The van der Waals surface area contributed by atoms with Crippen LogP contribution in [0.3, 0.4) is 0 Å². The van der Waals surface area contributed by atoms with Crippen molar-refractivity contribution in [3.05, 3.63) is 0 Å². The van der Waals surface area contributed by atoms with Gasteiger partial charge < -0.3 is 29.5 Å². The molecule has 0 unspecified atom stereocenters. The maximum atomic E-state index is 9.79. The molecule has 6 nitrogen and oxygen atoms in total. The van der Waals surface area contributed by atoms with Crippen LogP contribution in [-0.2, 0) is 14.2 Å². The summed E-state index contributed by atoms with van der Waals surface area (Å²) in [4.78, 5) is 0. The van der Waals surface area contributed by atoms with Crippen LogP contribution in [0.1, 0.15) is 13.8 Å². The molecule has 2 aliphatic heterocycles. The SMILES string of the molecule is CC1(C)O[C@H]2O[C@@H]([C@@H](O)CO)[C@H](O)[C@H]2O1. The number of aliphatic hydroxyl groups is 3. The number of ether oxygens (including phenoxy) is 3. The number of rotatable bonds is 2. The van der Waals surface area contributed by atoms with Gasteiger partial charge in [0.1, 0.15) is 24.4 Å². The fraction of sp³-hybridized carbons (Fsp3) is 1.00. The maximum absolute atomic E-state index is 9.79. The third kappa shape index (κ3) is 1.89. The Kier molecular flexibility index (Phi) is 2.74. The lowest BCUT2D eigenvalue weighted by Crippen LogP contribution is -2.42. The van der Waals surface area contributed by atoms with E-state index in [0.717, 1.165) is 0 Å². The number of aliphatic hydroxyl groups excluding tert-OH is 3. The molecule has 0 bridgehead atoms. The minimum Gasteiger partial charge on any atom is -0.394 e. The third-order valence-electron chi connectivity index (χ3n) is 2.62. The fourth-order valence-electron chi connectivity index (χ4n) is 1.94. The zero-order valence-electron chi connectivity index (χ0n) is 8.66. The molecule has 2 fully saturated rings. The van der Waals surface area contributed by atoms with Gasteiger partial charge in [0.25, 0.3) is 0 Å². The van der Waals surface area contributed by atoms with Crippen LogP contribution in [0.2, 0.25) is 0 Å². The summed E-state index contributed by atoms with van der Waals surface area (Å²) < 4.78 is 16.1. The van der Waals surface area contributed by atoms with E-state index in [1.165, 1.54) is 0 Å². The molecule has 0 aromatic rings. The van der Waals surface area contributed by atoms with Crippen LogP contribution in [0.25, 0.3) is 0 Å². The molecule has 5 atom stereocenters. The van der Waals surface area contributed by atoms with Gasteiger partial charge in [-0.05, 0) is 13.8 Å². The van der Waals surface area contributed by atoms with Crippen LogP contribution in [0.4, 0.5) is 0 Å².